The molecule has 0 aliphatic heterocycles. The van der Waals surface area contributed by atoms with E-state index in [0.717, 1.165) is 17.1 Å². The number of para-hydroxylation sites is 1. The van der Waals surface area contributed by atoms with Gasteiger partial charge in [0.05, 0.1) is 5.69 Å². The third-order valence-corrected chi connectivity index (χ3v) is 11.6. The normalized spacial score (nSPS) is 11.3. The van der Waals surface area contributed by atoms with Gasteiger partial charge in [0.15, 0.2) is 0 Å². The van der Waals surface area contributed by atoms with E-state index in [1.165, 1.54) is 75.5 Å². The molecule has 0 atom stereocenters. The highest BCUT2D eigenvalue weighted by Crippen LogP contribution is 2.44. The van der Waals surface area contributed by atoms with Crippen molar-refractivity contribution in [3.05, 3.63) is 212 Å². The van der Waals surface area contributed by atoms with E-state index < -0.39 is 0 Å². The Balaban J connectivity index is 1.05. The molecule has 0 amide bonds. The molecule has 1 nitrogen and oxygen atoms in total. The summed E-state index contributed by atoms with van der Waals surface area (Å²) in [5.41, 5.74) is 13.0. The molecular weight excluding hydrogens is 671 g/mol. The number of nitrogens with zero attached hydrogens (tertiary/aromatic N) is 1. The summed E-state index contributed by atoms with van der Waals surface area (Å²) >= 11 is 1.86. The number of thiophene rings is 1. The van der Waals surface area contributed by atoms with E-state index >= 15 is 0 Å². The van der Waals surface area contributed by atoms with Crippen molar-refractivity contribution < 1.29 is 0 Å². The summed E-state index contributed by atoms with van der Waals surface area (Å²) in [7, 11) is 0. The molecule has 0 radical (unpaired) electrons. The molecule has 2 heteroatoms. The van der Waals surface area contributed by atoms with Gasteiger partial charge in [0.25, 0.3) is 0 Å². The van der Waals surface area contributed by atoms with Crippen LogP contribution < -0.4 is 4.90 Å². The fourth-order valence-corrected chi connectivity index (χ4v) is 8.95. The molecule has 0 unspecified atom stereocenters. The first-order chi connectivity index (χ1) is 26.8. The van der Waals surface area contributed by atoms with E-state index in [2.05, 4.69) is 217 Å². The second-order valence-corrected chi connectivity index (χ2v) is 14.8. The third kappa shape index (κ3) is 5.84. The SMILES string of the molecule is c1ccc(-c2ccccc2N(c2ccc(-c3cccc(-c4ccc5ccccc5c4)c3)cc2)c2ccc(-c3cccc4sc5ccccc5c34)cc2)cc1. The second-order valence-electron chi connectivity index (χ2n) is 13.7. The van der Waals surface area contributed by atoms with Crippen molar-refractivity contribution in [1.29, 1.82) is 0 Å². The molecule has 54 heavy (non-hydrogen) atoms. The zero-order chi connectivity index (χ0) is 35.8. The fourth-order valence-electron chi connectivity index (χ4n) is 7.81. The zero-order valence-corrected chi connectivity index (χ0v) is 30.4. The molecule has 0 aliphatic rings. The number of anilines is 3. The van der Waals surface area contributed by atoms with Gasteiger partial charge in [-0.1, -0.05) is 158 Å². The lowest BCUT2D eigenvalue weighted by molar-refractivity contribution is 1.28. The summed E-state index contributed by atoms with van der Waals surface area (Å²) in [4.78, 5) is 2.39. The minimum Gasteiger partial charge on any atom is -0.310 e. The molecule has 1 aromatic heterocycles. The lowest BCUT2D eigenvalue weighted by Crippen LogP contribution is -2.11. The predicted molar refractivity (Wildman–Crippen MR) is 233 cm³/mol. The Morgan fingerprint density at radius 1 is 0.315 bits per heavy atom. The van der Waals surface area contributed by atoms with Gasteiger partial charge in [-0.15, -0.1) is 11.3 Å². The van der Waals surface area contributed by atoms with Crippen LogP contribution in [-0.4, -0.2) is 0 Å². The van der Waals surface area contributed by atoms with Crippen molar-refractivity contribution in [3.63, 3.8) is 0 Å². The van der Waals surface area contributed by atoms with E-state index in [1.807, 2.05) is 11.3 Å². The second kappa shape index (κ2) is 13.7. The first-order valence-corrected chi connectivity index (χ1v) is 19.2. The van der Waals surface area contributed by atoms with Crippen LogP contribution in [0.15, 0.2) is 212 Å². The lowest BCUT2D eigenvalue weighted by atomic mass is 9.97. The van der Waals surface area contributed by atoms with Crippen LogP contribution in [0, 0.1) is 0 Å². The number of hydrogen-bond acceptors (Lipinski definition) is 2. The monoisotopic (exact) mass is 705 g/mol. The molecule has 0 saturated carbocycles. The minimum atomic E-state index is 1.10. The molecule has 0 aliphatic carbocycles. The van der Waals surface area contributed by atoms with Crippen LogP contribution in [0.5, 0.6) is 0 Å². The molecule has 1 heterocycles. The Labute approximate surface area is 319 Å². The summed E-state index contributed by atoms with van der Waals surface area (Å²) in [6.07, 6.45) is 0. The fraction of sp³-hybridized carbons (Fsp3) is 0. The van der Waals surface area contributed by atoms with Gasteiger partial charge in [-0.3, -0.25) is 0 Å². The number of rotatable bonds is 7. The van der Waals surface area contributed by atoms with Crippen LogP contribution in [0.3, 0.4) is 0 Å². The molecule has 10 rings (SSSR count). The smallest absolute Gasteiger partial charge is 0.0540 e. The molecule has 9 aromatic carbocycles. The van der Waals surface area contributed by atoms with Gasteiger partial charge >= 0.3 is 0 Å². The van der Waals surface area contributed by atoms with E-state index in [1.54, 1.807) is 0 Å². The van der Waals surface area contributed by atoms with Crippen molar-refractivity contribution in [2.24, 2.45) is 0 Å². The van der Waals surface area contributed by atoms with Gasteiger partial charge in [-0.25, -0.2) is 0 Å². The summed E-state index contributed by atoms with van der Waals surface area (Å²) in [6.45, 7) is 0. The maximum absolute atomic E-state index is 2.39. The van der Waals surface area contributed by atoms with Gasteiger partial charge in [-0.2, -0.15) is 0 Å². The molecule has 0 N–H and O–H groups in total. The van der Waals surface area contributed by atoms with Crippen molar-refractivity contribution in [1.82, 2.24) is 0 Å². The first kappa shape index (κ1) is 32.0. The van der Waals surface area contributed by atoms with Crippen LogP contribution in [-0.2, 0) is 0 Å². The maximum Gasteiger partial charge on any atom is 0.0540 e. The van der Waals surface area contributed by atoms with E-state index in [4.69, 9.17) is 0 Å². The van der Waals surface area contributed by atoms with Gasteiger partial charge in [-0.05, 0) is 104 Å². The summed E-state index contributed by atoms with van der Waals surface area (Å²) in [5.74, 6) is 0. The highest BCUT2D eigenvalue weighted by atomic mass is 32.1. The maximum atomic E-state index is 2.39. The molecule has 0 spiro atoms. The van der Waals surface area contributed by atoms with Gasteiger partial charge in [0, 0.05) is 37.1 Å². The molecule has 0 fully saturated rings. The molecular formula is C52H35NS. The van der Waals surface area contributed by atoms with Gasteiger partial charge in [0.2, 0.25) is 0 Å². The van der Waals surface area contributed by atoms with Gasteiger partial charge < -0.3 is 4.90 Å². The average Bonchev–Trinajstić information content (AvgIpc) is 3.64. The molecule has 254 valence electrons. The predicted octanol–water partition coefficient (Wildman–Crippen LogP) is 15.3. The Kier molecular flexibility index (Phi) is 8.09. The Morgan fingerprint density at radius 2 is 0.852 bits per heavy atom. The van der Waals surface area contributed by atoms with Crippen LogP contribution >= 0.6 is 11.3 Å². The average molecular weight is 706 g/mol. The Hall–Kier alpha value is -6.74. The summed E-state index contributed by atoms with van der Waals surface area (Å²) in [6, 6.07) is 77.1. The summed E-state index contributed by atoms with van der Waals surface area (Å²) < 4.78 is 2.64. The minimum absolute atomic E-state index is 1.10. The molecule has 10 aromatic rings. The van der Waals surface area contributed by atoms with Crippen LogP contribution in [0.4, 0.5) is 17.1 Å². The van der Waals surface area contributed by atoms with E-state index in [-0.39, 0.29) is 0 Å². The van der Waals surface area contributed by atoms with Gasteiger partial charge in [0.1, 0.15) is 0 Å². The molecule has 0 bridgehead atoms. The van der Waals surface area contributed by atoms with Crippen molar-refractivity contribution in [2.45, 2.75) is 0 Å². The first-order valence-electron chi connectivity index (χ1n) is 18.4. The Bertz CT molecular complexity index is 2920. The highest BCUT2D eigenvalue weighted by molar-refractivity contribution is 7.25. The van der Waals surface area contributed by atoms with Crippen LogP contribution in [0.2, 0.25) is 0 Å². The highest BCUT2D eigenvalue weighted by Gasteiger charge is 2.18. The van der Waals surface area contributed by atoms with Crippen LogP contribution in [0.1, 0.15) is 0 Å². The zero-order valence-electron chi connectivity index (χ0n) is 29.6. The quantitative estimate of drug-likeness (QED) is 0.160. The Morgan fingerprint density at radius 3 is 1.67 bits per heavy atom. The van der Waals surface area contributed by atoms with E-state index in [9.17, 15) is 0 Å². The summed E-state index contributed by atoms with van der Waals surface area (Å²) in [5, 5.41) is 5.16. The number of benzene rings is 9. The standard InChI is InChI=1S/C52H35NS/c1-2-13-38(14-3-1)46-18-6-8-21-49(46)53(45-32-28-39(29-33-45)47-20-11-23-51-52(47)48-19-7-9-22-50(48)54-51)44-30-26-37(27-31-44)41-16-10-17-42(34-41)43-25-24-36-12-4-5-15-40(36)35-43/h1-35H. The molecule has 0 saturated heterocycles. The largest absolute Gasteiger partial charge is 0.310 e. The number of fused-ring (bicyclic) bond motifs is 4. The van der Waals surface area contributed by atoms with Crippen molar-refractivity contribution in [2.75, 3.05) is 4.90 Å². The number of hydrogen-bond donors (Lipinski definition) is 0. The topological polar surface area (TPSA) is 3.24 Å². The van der Waals surface area contributed by atoms with Crippen molar-refractivity contribution in [3.8, 4) is 44.5 Å². The lowest BCUT2D eigenvalue weighted by Gasteiger charge is -2.28. The van der Waals surface area contributed by atoms with Crippen LogP contribution in [0.25, 0.3) is 75.5 Å². The van der Waals surface area contributed by atoms with Crippen molar-refractivity contribution >= 4 is 59.3 Å². The third-order valence-electron chi connectivity index (χ3n) is 10.5. The van der Waals surface area contributed by atoms with E-state index in [0.29, 0.717) is 0 Å².